The summed E-state index contributed by atoms with van der Waals surface area (Å²) in [6.45, 7) is 6.05. The molecule has 2 fully saturated rings. The van der Waals surface area contributed by atoms with Gasteiger partial charge >= 0.3 is 0 Å². The third kappa shape index (κ3) is 3.98. The van der Waals surface area contributed by atoms with E-state index in [0.29, 0.717) is 12.6 Å². The second kappa shape index (κ2) is 6.37. The van der Waals surface area contributed by atoms with E-state index in [9.17, 15) is 0 Å². The van der Waals surface area contributed by atoms with Gasteiger partial charge in [0.25, 0.3) is 0 Å². The van der Waals surface area contributed by atoms with Gasteiger partial charge in [-0.2, -0.15) is 0 Å². The number of benzene rings is 1. The van der Waals surface area contributed by atoms with E-state index in [1.165, 1.54) is 37.8 Å². The lowest BCUT2D eigenvalue weighted by molar-refractivity contribution is 0.182. The molecule has 1 aromatic carbocycles. The Morgan fingerprint density at radius 2 is 1.81 bits per heavy atom. The van der Waals surface area contributed by atoms with E-state index in [0.717, 1.165) is 17.7 Å². The van der Waals surface area contributed by atoms with E-state index in [4.69, 9.17) is 10.5 Å². The quantitative estimate of drug-likeness (QED) is 0.797. The molecule has 2 aliphatic carbocycles. The van der Waals surface area contributed by atoms with Crippen LogP contribution in [-0.2, 0) is 0 Å². The molecule has 3 heteroatoms. The van der Waals surface area contributed by atoms with Gasteiger partial charge < -0.3 is 10.5 Å². The molecule has 0 radical (unpaired) electrons. The molecule has 1 aromatic rings. The maximum Gasteiger partial charge on any atom is 0.119 e. The number of nitrogens with two attached hydrogens (primary N) is 1. The fourth-order valence-corrected chi connectivity index (χ4v) is 3.04. The Morgan fingerprint density at radius 1 is 1.14 bits per heavy atom. The number of hydrogen-bond donors (Lipinski definition) is 1. The maximum atomic E-state index is 6.11. The van der Waals surface area contributed by atoms with Crippen molar-refractivity contribution in [3.05, 3.63) is 29.8 Å². The average Bonchev–Trinajstić information content (AvgIpc) is 3.34. The molecule has 3 rings (SSSR count). The largest absolute Gasteiger partial charge is 0.491 e. The van der Waals surface area contributed by atoms with Gasteiger partial charge in [0.1, 0.15) is 5.75 Å². The van der Waals surface area contributed by atoms with Crippen molar-refractivity contribution in [1.29, 1.82) is 0 Å². The first-order chi connectivity index (χ1) is 10.2. The highest BCUT2D eigenvalue weighted by Gasteiger charge is 2.37. The lowest BCUT2D eigenvalue weighted by atomic mass is 10.0. The molecule has 21 heavy (non-hydrogen) atoms. The predicted octanol–water partition coefficient (Wildman–Crippen LogP) is 3.35. The molecular weight excluding hydrogens is 260 g/mol. The molecule has 0 bridgehead atoms. The Balaban J connectivity index is 1.71. The van der Waals surface area contributed by atoms with Crippen molar-refractivity contribution >= 4 is 0 Å². The van der Waals surface area contributed by atoms with Crippen molar-refractivity contribution in [3.8, 4) is 5.75 Å². The van der Waals surface area contributed by atoms with Gasteiger partial charge in [0, 0.05) is 25.2 Å². The monoisotopic (exact) mass is 288 g/mol. The lowest BCUT2D eigenvalue weighted by Crippen LogP contribution is -2.37. The summed E-state index contributed by atoms with van der Waals surface area (Å²) in [5.41, 5.74) is 7.45. The summed E-state index contributed by atoms with van der Waals surface area (Å²) in [5, 5.41) is 0. The van der Waals surface area contributed by atoms with E-state index < -0.39 is 0 Å². The predicted molar refractivity (Wildman–Crippen MR) is 86.5 cm³/mol. The molecule has 0 saturated heterocycles. The normalized spacial score (nSPS) is 20.0. The smallest absolute Gasteiger partial charge is 0.119 e. The Labute approximate surface area is 128 Å². The average molecular weight is 288 g/mol. The molecular formula is C18H28N2O. The van der Waals surface area contributed by atoms with Gasteiger partial charge in [0.15, 0.2) is 0 Å². The van der Waals surface area contributed by atoms with Gasteiger partial charge in [0.2, 0.25) is 0 Å². The van der Waals surface area contributed by atoms with Crippen LogP contribution in [0.25, 0.3) is 0 Å². The van der Waals surface area contributed by atoms with E-state index in [1.807, 2.05) is 0 Å². The number of ether oxygens (including phenoxy) is 1. The molecule has 0 heterocycles. The zero-order chi connectivity index (χ0) is 14.8. The summed E-state index contributed by atoms with van der Waals surface area (Å²) in [5.74, 6) is 1.87. The molecule has 116 valence electrons. The zero-order valence-corrected chi connectivity index (χ0v) is 13.3. The van der Waals surface area contributed by atoms with E-state index in [2.05, 4.69) is 43.0 Å². The summed E-state index contributed by atoms with van der Waals surface area (Å²) in [6.07, 6.45) is 5.72. The number of nitrogens with zero attached hydrogens (tertiary/aromatic N) is 1. The minimum absolute atomic E-state index is 0.221. The molecule has 0 aliphatic heterocycles. The summed E-state index contributed by atoms with van der Waals surface area (Å²) in [7, 11) is 0. The third-order valence-electron chi connectivity index (χ3n) is 4.44. The minimum atomic E-state index is 0.221. The summed E-state index contributed by atoms with van der Waals surface area (Å²) in [6, 6.07) is 9.69. The van der Waals surface area contributed by atoms with Crippen LogP contribution in [0.4, 0.5) is 0 Å². The highest BCUT2D eigenvalue weighted by Crippen LogP contribution is 2.39. The van der Waals surface area contributed by atoms with Crippen LogP contribution in [0, 0.1) is 5.92 Å². The number of hydrogen-bond acceptors (Lipinski definition) is 3. The van der Waals surface area contributed by atoms with Crippen LogP contribution < -0.4 is 10.5 Å². The first kappa shape index (κ1) is 14.9. The van der Waals surface area contributed by atoms with Crippen molar-refractivity contribution < 1.29 is 4.74 Å². The summed E-state index contributed by atoms with van der Waals surface area (Å²) in [4.78, 5) is 2.66. The van der Waals surface area contributed by atoms with Gasteiger partial charge in [0.05, 0.1) is 6.10 Å². The van der Waals surface area contributed by atoms with Gasteiger partial charge in [-0.05, 0) is 63.1 Å². The topological polar surface area (TPSA) is 38.5 Å². The van der Waals surface area contributed by atoms with Crippen molar-refractivity contribution in [3.63, 3.8) is 0 Å². The van der Waals surface area contributed by atoms with Gasteiger partial charge in [-0.25, -0.2) is 0 Å². The van der Waals surface area contributed by atoms with Gasteiger partial charge in [-0.15, -0.1) is 0 Å². The van der Waals surface area contributed by atoms with Gasteiger partial charge in [-0.1, -0.05) is 12.1 Å². The van der Waals surface area contributed by atoms with Crippen LogP contribution in [0.15, 0.2) is 24.3 Å². The van der Waals surface area contributed by atoms with Crippen LogP contribution in [0.1, 0.15) is 51.1 Å². The second-order valence-corrected chi connectivity index (χ2v) is 6.86. The van der Waals surface area contributed by atoms with Crippen LogP contribution in [-0.4, -0.2) is 30.1 Å². The van der Waals surface area contributed by atoms with Gasteiger partial charge in [-0.3, -0.25) is 4.90 Å². The zero-order valence-electron chi connectivity index (χ0n) is 13.3. The van der Waals surface area contributed by atoms with E-state index in [1.54, 1.807) is 0 Å². The lowest BCUT2D eigenvalue weighted by Gasteiger charge is -2.31. The highest BCUT2D eigenvalue weighted by molar-refractivity contribution is 5.30. The fraction of sp³-hybridized carbons (Fsp3) is 0.667. The Hall–Kier alpha value is -1.06. The summed E-state index contributed by atoms with van der Waals surface area (Å²) >= 11 is 0. The van der Waals surface area contributed by atoms with Crippen LogP contribution in [0.5, 0.6) is 5.75 Å². The Morgan fingerprint density at radius 3 is 2.29 bits per heavy atom. The molecule has 0 amide bonds. The first-order valence-corrected chi connectivity index (χ1v) is 8.39. The minimum Gasteiger partial charge on any atom is -0.491 e. The third-order valence-corrected chi connectivity index (χ3v) is 4.44. The molecule has 0 spiro atoms. The van der Waals surface area contributed by atoms with Crippen molar-refractivity contribution in [2.24, 2.45) is 11.7 Å². The molecule has 2 aliphatic rings. The molecule has 1 unspecified atom stereocenters. The SMILES string of the molecule is CC(C)Oc1ccc(C(CN)N(CC2CC2)C2CC2)cc1. The second-order valence-electron chi connectivity index (χ2n) is 6.86. The van der Waals surface area contributed by atoms with Crippen LogP contribution >= 0.6 is 0 Å². The number of rotatable bonds is 8. The van der Waals surface area contributed by atoms with E-state index in [-0.39, 0.29) is 6.10 Å². The van der Waals surface area contributed by atoms with Crippen LogP contribution in [0.2, 0.25) is 0 Å². The Kier molecular flexibility index (Phi) is 4.51. The summed E-state index contributed by atoms with van der Waals surface area (Å²) < 4.78 is 5.73. The van der Waals surface area contributed by atoms with E-state index >= 15 is 0 Å². The Bertz CT molecular complexity index is 449. The molecule has 2 saturated carbocycles. The maximum absolute atomic E-state index is 6.11. The first-order valence-electron chi connectivity index (χ1n) is 8.39. The molecule has 3 nitrogen and oxygen atoms in total. The highest BCUT2D eigenvalue weighted by atomic mass is 16.5. The van der Waals surface area contributed by atoms with Crippen molar-refractivity contribution in [2.75, 3.05) is 13.1 Å². The van der Waals surface area contributed by atoms with Crippen LogP contribution in [0.3, 0.4) is 0 Å². The molecule has 0 aromatic heterocycles. The fourth-order valence-electron chi connectivity index (χ4n) is 3.04. The van der Waals surface area contributed by atoms with Crippen molar-refractivity contribution in [1.82, 2.24) is 4.90 Å². The molecule has 2 N–H and O–H groups in total. The molecule has 1 atom stereocenters. The standard InChI is InChI=1S/C18H28N2O/c1-13(2)21-17-9-5-15(6-10-17)18(11-19)20(16-7-8-16)12-14-3-4-14/h5-6,9-10,13-14,16,18H,3-4,7-8,11-12,19H2,1-2H3. The van der Waals surface area contributed by atoms with Crippen molar-refractivity contribution in [2.45, 2.75) is 57.7 Å².